The first-order valence-corrected chi connectivity index (χ1v) is 7.10. The molecule has 0 saturated carbocycles. The number of amides is 1. The Labute approximate surface area is 109 Å². The summed E-state index contributed by atoms with van der Waals surface area (Å²) in [4.78, 5) is 14.6. The van der Waals surface area contributed by atoms with Gasteiger partial charge >= 0.3 is 0 Å². The highest BCUT2D eigenvalue weighted by Crippen LogP contribution is 2.24. The number of aliphatic hydroxyl groups excluding tert-OH is 1. The molecule has 0 aromatic rings. The summed E-state index contributed by atoms with van der Waals surface area (Å²) in [5, 5.41) is 15.3. The van der Waals surface area contributed by atoms with Crippen molar-refractivity contribution in [2.75, 3.05) is 26.2 Å². The molecule has 2 heterocycles. The molecule has 2 saturated heterocycles. The van der Waals surface area contributed by atoms with Crippen molar-refractivity contribution in [1.29, 1.82) is 0 Å². The van der Waals surface area contributed by atoms with E-state index in [0.717, 1.165) is 45.3 Å². The van der Waals surface area contributed by atoms with E-state index >= 15 is 0 Å². The fourth-order valence-corrected chi connectivity index (χ4v) is 3.03. The summed E-state index contributed by atoms with van der Waals surface area (Å²) in [6, 6.07) is 0.420. The molecule has 1 amide bonds. The van der Waals surface area contributed by atoms with Gasteiger partial charge < -0.3 is 15.7 Å². The number of nitrogens with one attached hydrogen (secondary N) is 2. The van der Waals surface area contributed by atoms with Crippen molar-refractivity contribution in [2.24, 2.45) is 0 Å². The summed E-state index contributed by atoms with van der Waals surface area (Å²) in [7, 11) is 0. The lowest BCUT2D eigenvalue weighted by molar-refractivity contribution is -0.127. The fraction of sp³-hybridized carbons (Fsp3) is 0.923. The highest BCUT2D eigenvalue weighted by molar-refractivity contribution is 5.82. The second-order valence-electron chi connectivity index (χ2n) is 5.47. The molecule has 2 aliphatic rings. The molecule has 2 fully saturated rings. The van der Waals surface area contributed by atoms with Gasteiger partial charge in [-0.05, 0) is 52.2 Å². The molecule has 18 heavy (non-hydrogen) atoms. The maximum Gasteiger partial charge on any atom is 0.237 e. The highest BCUT2D eigenvalue weighted by Gasteiger charge is 2.35. The van der Waals surface area contributed by atoms with E-state index < -0.39 is 0 Å². The minimum absolute atomic E-state index is 0.00576. The van der Waals surface area contributed by atoms with Gasteiger partial charge in [-0.3, -0.25) is 9.69 Å². The third-order valence-corrected chi connectivity index (χ3v) is 4.04. The Kier molecular flexibility index (Phi) is 4.97. The van der Waals surface area contributed by atoms with Crippen molar-refractivity contribution < 1.29 is 9.90 Å². The molecular weight excluding hydrogens is 230 g/mol. The van der Waals surface area contributed by atoms with E-state index in [0.29, 0.717) is 6.04 Å². The Balaban J connectivity index is 1.91. The normalized spacial score (nSPS) is 28.2. The Hall–Kier alpha value is -0.650. The van der Waals surface area contributed by atoms with Gasteiger partial charge in [-0.25, -0.2) is 0 Å². The zero-order valence-electron chi connectivity index (χ0n) is 11.2. The first-order valence-electron chi connectivity index (χ1n) is 7.10. The molecule has 3 N–H and O–H groups in total. The smallest absolute Gasteiger partial charge is 0.237 e. The van der Waals surface area contributed by atoms with E-state index in [-0.39, 0.29) is 24.6 Å². The van der Waals surface area contributed by atoms with E-state index in [1.165, 1.54) is 0 Å². The average molecular weight is 255 g/mol. The van der Waals surface area contributed by atoms with Crippen LogP contribution in [0.25, 0.3) is 0 Å². The van der Waals surface area contributed by atoms with Crippen LogP contribution in [-0.2, 0) is 4.79 Å². The van der Waals surface area contributed by atoms with Crippen LogP contribution in [0.4, 0.5) is 0 Å². The zero-order valence-corrected chi connectivity index (χ0v) is 11.2. The van der Waals surface area contributed by atoms with Crippen LogP contribution in [0.15, 0.2) is 0 Å². The molecule has 5 heteroatoms. The Morgan fingerprint density at radius 2 is 2.17 bits per heavy atom. The lowest BCUT2D eigenvalue weighted by Gasteiger charge is -2.35. The maximum atomic E-state index is 12.2. The fourth-order valence-electron chi connectivity index (χ4n) is 3.03. The van der Waals surface area contributed by atoms with E-state index in [2.05, 4.69) is 15.5 Å². The number of carbonyl (C=O) groups is 1. The van der Waals surface area contributed by atoms with E-state index in [1.807, 2.05) is 6.92 Å². The van der Waals surface area contributed by atoms with E-state index in [9.17, 15) is 4.79 Å². The zero-order chi connectivity index (χ0) is 13.0. The van der Waals surface area contributed by atoms with Crippen LogP contribution in [0.3, 0.4) is 0 Å². The molecule has 0 spiro atoms. The van der Waals surface area contributed by atoms with Crippen molar-refractivity contribution in [1.82, 2.24) is 15.5 Å². The molecular formula is C13H25N3O2. The van der Waals surface area contributed by atoms with Gasteiger partial charge in [-0.15, -0.1) is 0 Å². The van der Waals surface area contributed by atoms with Crippen molar-refractivity contribution in [2.45, 2.75) is 50.7 Å². The highest BCUT2D eigenvalue weighted by atomic mass is 16.3. The maximum absolute atomic E-state index is 12.2. The Bertz CT molecular complexity index is 279. The minimum atomic E-state index is -0.145. The monoisotopic (exact) mass is 255 g/mol. The molecule has 1 unspecified atom stereocenters. The summed E-state index contributed by atoms with van der Waals surface area (Å²) in [5.74, 6) is 0.0904. The largest absolute Gasteiger partial charge is 0.394 e. The van der Waals surface area contributed by atoms with Gasteiger partial charge in [0, 0.05) is 12.1 Å². The number of aliphatic hydroxyl groups is 1. The average Bonchev–Trinajstić information content (AvgIpc) is 2.88. The van der Waals surface area contributed by atoms with Gasteiger partial charge in [-0.2, -0.15) is 0 Å². The second kappa shape index (κ2) is 6.50. The lowest BCUT2D eigenvalue weighted by atomic mass is 10.0. The van der Waals surface area contributed by atoms with Gasteiger partial charge in [-0.1, -0.05) is 0 Å². The number of likely N-dealkylation sites (tertiary alicyclic amines) is 1. The van der Waals surface area contributed by atoms with Crippen molar-refractivity contribution >= 4 is 5.91 Å². The molecule has 0 bridgehead atoms. The predicted octanol–water partition coefficient (Wildman–Crippen LogP) is -0.300. The quantitative estimate of drug-likeness (QED) is 0.645. The van der Waals surface area contributed by atoms with Crippen molar-refractivity contribution in [3.63, 3.8) is 0 Å². The number of hydrogen-bond donors (Lipinski definition) is 3. The molecule has 104 valence electrons. The van der Waals surface area contributed by atoms with Crippen LogP contribution in [0.2, 0.25) is 0 Å². The number of rotatable bonds is 4. The lowest BCUT2D eigenvalue weighted by Crippen LogP contribution is -2.52. The van der Waals surface area contributed by atoms with Crippen molar-refractivity contribution in [3.05, 3.63) is 0 Å². The predicted molar refractivity (Wildman–Crippen MR) is 70.3 cm³/mol. The molecule has 2 rings (SSSR count). The van der Waals surface area contributed by atoms with Crippen LogP contribution in [-0.4, -0.2) is 60.3 Å². The Morgan fingerprint density at radius 1 is 1.44 bits per heavy atom. The second-order valence-corrected chi connectivity index (χ2v) is 5.47. The summed E-state index contributed by atoms with van der Waals surface area (Å²) in [5.41, 5.74) is 0. The van der Waals surface area contributed by atoms with Crippen LogP contribution in [0.5, 0.6) is 0 Å². The van der Waals surface area contributed by atoms with E-state index in [1.54, 1.807) is 0 Å². The molecule has 0 aromatic carbocycles. The molecule has 0 aromatic heterocycles. The molecule has 2 aliphatic heterocycles. The molecule has 5 nitrogen and oxygen atoms in total. The van der Waals surface area contributed by atoms with Crippen LogP contribution < -0.4 is 10.6 Å². The summed E-state index contributed by atoms with van der Waals surface area (Å²) >= 11 is 0. The summed E-state index contributed by atoms with van der Waals surface area (Å²) in [6.45, 7) is 4.99. The molecule has 0 radical (unpaired) electrons. The van der Waals surface area contributed by atoms with Gasteiger partial charge in [0.1, 0.15) is 0 Å². The molecule has 0 aliphatic carbocycles. The number of piperidine rings is 1. The number of nitrogens with zero attached hydrogens (tertiary/aromatic N) is 1. The number of hydrogen-bond acceptors (Lipinski definition) is 4. The van der Waals surface area contributed by atoms with Crippen LogP contribution in [0.1, 0.15) is 32.6 Å². The number of carbonyl (C=O) groups excluding carboxylic acids is 1. The first-order chi connectivity index (χ1) is 8.72. The topological polar surface area (TPSA) is 64.6 Å². The Morgan fingerprint density at radius 3 is 2.83 bits per heavy atom. The van der Waals surface area contributed by atoms with E-state index in [4.69, 9.17) is 5.11 Å². The van der Waals surface area contributed by atoms with Crippen molar-refractivity contribution in [3.8, 4) is 0 Å². The van der Waals surface area contributed by atoms with Gasteiger partial charge in [0.15, 0.2) is 0 Å². The first kappa shape index (κ1) is 13.8. The van der Waals surface area contributed by atoms with Gasteiger partial charge in [0.05, 0.1) is 12.6 Å². The minimum Gasteiger partial charge on any atom is -0.394 e. The summed E-state index contributed by atoms with van der Waals surface area (Å²) < 4.78 is 0. The third-order valence-electron chi connectivity index (χ3n) is 4.04. The van der Waals surface area contributed by atoms with Crippen LogP contribution >= 0.6 is 0 Å². The SMILES string of the molecule is C[C@@H](CO)NC(=O)C1CCCN1C1CCNCC1. The summed E-state index contributed by atoms with van der Waals surface area (Å²) in [6.07, 6.45) is 4.34. The third kappa shape index (κ3) is 3.22. The van der Waals surface area contributed by atoms with Gasteiger partial charge in [0.2, 0.25) is 5.91 Å². The van der Waals surface area contributed by atoms with Gasteiger partial charge in [0.25, 0.3) is 0 Å². The molecule has 2 atom stereocenters. The standard InChI is InChI=1S/C13H25N3O2/c1-10(9-17)15-13(18)12-3-2-8-16(12)11-4-6-14-7-5-11/h10-12,14,17H,2-9H2,1H3,(H,15,18)/t10-,12?/m0/s1. The van der Waals surface area contributed by atoms with Crippen LogP contribution in [0, 0.1) is 0 Å².